The minimum Gasteiger partial charge on any atom is -0.492 e. The van der Waals surface area contributed by atoms with Crippen molar-refractivity contribution in [2.75, 3.05) is 25.0 Å². The SMILES string of the molecule is CCOc1ccc(NC(=O)[C@@H]2CCCc3ccccc32)cc1S(=O)(=O)N1CCCC1. The van der Waals surface area contributed by atoms with Crippen molar-refractivity contribution in [3.63, 3.8) is 0 Å². The molecule has 0 unspecified atom stereocenters. The number of fused-ring (bicyclic) bond motifs is 1. The van der Waals surface area contributed by atoms with Gasteiger partial charge in [-0.25, -0.2) is 8.42 Å². The van der Waals surface area contributed by atoms with Gasteiger partial charge in [-0.3, -0.25) is 4.79 Å². The summed E-state index contributed by atoms with van der Waals surface area (Å²) in [7, 11) is -3.67. The van der Waals surface area contributed by atoms with E-state index < -0.39 is 10.0 Å². The maximum Gasteiger partial charge on any atom is 0.246 e. The first-order chi connectivity index (χ1) is 14.5. The van der Waals surface area contributed by atoms with Crippen LogP contribution >= 0.6 is 0 Å². The van der Waals surface area contributed by atoms with Crippen LogP contribution in [-0.4, -0.2) is 38.3 Å². The number of nitrogens with one attached hydrogen (secondary N) is 1. The summed E-state index contributed by atoms with van der Waals surface area (Å²) >= 11 is 0. The molecule has 160 valence electrons. The van der Waals surface area contributed by atoms with Gasteiger partial charge in [0.05, 0.1) is 12.5 Å². The second-order valence-electron chi connectivity index (χ2n) is 7.84. The van der Waals surface area contributed by atoms with Crippen LogP contribution < -0.4 is 10.1 Å². The first-order valence-electron chi connectivity index (χ1n) is 10.7. The third-order valence-electron chi connectivity index (χ3n) is 5.88. The van der Waals surface area contributed by atoms with Gasteiger partial charge in [0.1, 0.15) is 10.6 Å². The number of sulfonamides is 1. The van der Waals surface area contributed by atoms with E-state index in [-0.39, 0.29) is 16.7 Å². The Labute approximate surface area is 178 Å². The zero-order valence-electron chi connectivity index (χ0n) is 17.3. The summed E-state index contributed by atoms with van der Waals surface area (Å²) < 4.78 is 33.4. The number of nitrogens with zero attached hydrogens (tertiary/aromatic N) is 1. The Morgan fingerprint density at radius 3 is 2.67 bits per heavy atom. The van der Waals surface area contributed by atoms with Crippen LogP contribution in [0.4, 0.5) is 5.69 Å². The number of carbonyl (C=O) groups excluding carboxylic acids is 1. The van der Waals surface area contributed by atoms with Crippen LogP contribution in [0.1, 0.15) is 49.7 Å². The van der Waals surface area contributed by atoms with Crippen LogP contribution in [-0.2, 0) is 21.2 Å². The molecule has 0 aromatic heterocycles. The Morgan fingerprint density at radius 2 is 1.90 bits per heavy atom. The van der Waals surface area contributed by atoms with Crippen molar-refractivity contribution >= 4 is 21.6 Å². The van der Waals surface area contributed by atoms with Gasteiger partial charge < -0.3 is 10.1 Å². The van der Waals surface area contributed by atoms with Gasteiger partial charge in [0.2, 0.25) is 15.9 Å². The average molecular weight is 429 g/mol. The number of benzene rings is 2. The lowest BCUT2D eigenvalue weighted by molar-refractivity contribution is -0.117. The molecule has 1 N–H and O–H groups in total. The van der Waals surface area contributed by atoms with Crippen molar-refractivity contribution in [1.29, 1.82) is 0 Å². The smallest absolute Gasteiger partial charge is 0.246 e. The number of amides is 1. The van der Waals surface area contributed by atoms with Gasteiger partial charge in [-0.2, -0.15) is 4.31 Å². The van der Waals surface area contributed by atoms with E-state index >= 15 is 0 Å². The van der Waals surface area contributed by atoms with E-state index in [1.165, 1.54) is 15.9 Å². The van der Waals surface area contributed by atoms with Gasteiger partial charge in [0, 0.05) is 18.8 Å². The molecule has 2 aliphatic rings. The minimum absolute atomic E-state index is 0.101. The first-order valence-corrected chi connectivity index (χ1v) is 12.1. The summed E-state index contributed by atoms with van der Waals surface area (Å²) in [6, 6.07) is 12.9. The van der Waals surface area contributed by atoms with Gasteiger partial charge in [0.25, 0.3) is 0 Å². The van der Waals surface area contributed by atoms with Gasteiger partial charge in [-0.15, -0.1) is 0 Å². The number of anilines is 1. The maximum atomic E-state index is 13.2. The molecule has 2 aromatic rings. The molecule has 6 nitrogen and oxygen atoms in total. The van der Waals surface area contributed by atoms with E-state index in [9.17, 15) is 13.2 Å². The Morgan fingerprint density at radius 1 is 1.13 bits per heavy atom. The number of aryl methyl sites for hydroxylation is 1. The van der Waals surface area contributed by atoms with Gasteiger partial charge in [-0.1, -0.05) is 24.3 Å². The van der Waals surface area contributed by atoms with Crippen LogP contribution in [0.3, 0.4) is 0 Å². The highest BCUT2D eigenvalue weighted by atomic mass is 32.2. The van der Waals surface area contributed by atoms with E-state index in [0.717, 1.165) is 37.7 Å². The molecular formula is C23H28N2O4S. The van der Waals surface area contributed by atoms with Gasteiger partial charge >= 0.3 is 0 Å². The summed E-state index contributed by atoms with van der Waals surface area (Å²) in [5, 5.41) is 2.95. The standard InChI is InChI=1S/C23H28N2O4S/c1-2-29-21-13-12-18(16-22(21)30(27,28)25-14-5-6-15-25)24-23(26)20-11-7-9-17-8-3-4-10-19(17)20/h3-4,8,10,12-13,16,20H,2,5-7,9,11,14-15H2,1H3,(H,24,26)/t20-/m1/s1. The molecule has 1 fully saturated rings. The van der Waals surface area contributed by atoms with E-state index in [1.54, 1.807) is 12.1 Å². The van der Waals surface area contributed by atoms with Crippen LogP contribution in [0.5, 0.6) is 5.75 Å². The molecular weight excluding hydrogens is 400 g/mol. The summed E-state index contributed by atoms with van der Waals surface area (Å²) in [5.41, 5.74) is 2.76. The fourth-order valence-electron chi connectivity index (χ4n) is 4.39. The van der Waals surface area contributed by atoms with Crippen LogP contribution in [0, 0.1) is 0 Å². The Balaban J connectivity index is 1.62. The zero-order chi connectivity index (χ0) is 21.1. The predicted molar refractivity (Wildman–Crippen MR) is 116 cm³/mol. The quantitative estimate of drug-likeness (QED) is 0.756. The predicted octanol–water partition coefficient (Wildman–Crippen LogP) is 3.93. The zero-order valence-corrected chi connectivity index (χ0v) is 18.1. The van der Waals surface area contributed by atoms with E-state index in [1.807, 2.05) is 25.1 Å². The monoisotopic (exact) mass is 428 g/mol. The summed E-state index contributed by atoms with van der Waals surface area (Å²) in [6.45, 7) is 3.22. The molecule has 1 heterocycles. The molecule has 1 atom stereocenters. The lowest BCUT2D eigenvalue weighted by Gasteiger charge is -2.25. The van der Waals surface area contributed by atoms with Crippen LogP contribution in [0.25, 0.3) is 0 Å². The molecule has 30 heavy (non-hydrogen) atoms. The van der Waals surface area contributed by atoms with Crippen molar-refractivity contribution in [3.05, 3.63) is 53.6 Å². The Hall–Kier alpha value is -2.38. The first kappa shape index (κ1) is 20.9. The van der Waals surface area contributed by atoms with E-state index in [0.29, 0.717) is 31.1 Å². The van der Waals surface area contributed by atoms with Gasteiger partial charge in [0.15, 0.2) is 0 Å². The number of rotatable bonds is 6. The third kappa shape index (κ3) is 4.09. The van der Waals surface area contributed by atoms with Crippen LogP contribution in [0.2, 0.25) is 0 Å². The summed E-state index contributed by atoms with van der Waals surface area (Å²) in [6.07, 6.45) is 4.47. The summed E-state index contributed by atoms with van der Waals surface area (Å²) in [5.74, 6) is 0.00130. The second-order valence-corrected chi connectivity index (χ2v) is 9.74. The van der Waals surface area contributed by atoms with Crippen molar-refractivity contribution < 1.29 is 17.9 Å². The minimum atomic E-state index is -3.67. The molecule has 4 rings (SSSR count). The van der Waals surface area contributed by atoms with Gasteiger partial charge in [-0.05, 0) is 68.4 Å². The lowest BCUT2D eigenvalue weighted by Crippen LogP contribution is -2.28. The van der Waals surface area contributed by atoms with Crippen molar-refractivity contribution in [3.8, 4) is 5.75 Å². The highest BCUT2D eigenvalue weighted by Crippen LogP contribution is 2.34. The molecule has 0 saturated carbocycles. The molecule has 0 bridgehead atoms. The highest BCUT2D eigenvalue weighted by Gasteiger charge is 2.31. The van der Waals surface area contributed by atoms with Crippen molar-refractivity contribution in [2.24, 2.45) is 0 Å². The Kier molecular flexibility index (Phi) is 6.11. The topological polar surface area (TPSA) is 75.7 Å². The highest BCUT2D eigenvalue weighted by molar-refractivity contribution is 7.89. The second kappa shape index (κ2) is 8.78. The molecule has 0 radical (unpaired) electrons. The molecule has 0 spiro atoms. The number of carbonyl (C=O) groups is 1. The van der Waals surface area contributed by atoms with E-state index in [4.69, 9.17) is 4.74 Å². The third-order valence-corrected chi connectivity index (χ3v) is 7.80. The molecule has 7 heteroatoms. The lowest BCUT2D eigenvalue weighted by atomic mass is 9.82. The molecule has 1 aliphatic heterocycles. The van der Waals surface area contributed by atoms with Crippen molar-refractivity contribution in [2.45, 2.75) is 49.8 Å². The van der Waals surface area contributed by atoms with Crippen LogP contribution in [0.15, 0.2) is 47.4 Å². The fraction of sp³-hybridized carbons (Fsp3) is 0.435. The molecule has 1 saturated heterocycles. The maximum absolute atomic E-state index is 13.2. The molecule has 1 aliphatic carbocycles. The summed E-state index contributed by atoms with van der Waals surface area (Å²) in [4.78, 5) is 13.2. The number of hydrogen-bond donors (Lipinski definition) is 1. The molecule has 1 amide bonds. The van der Waals surface area contributed by atoms with E-state index in [2.05, 4.69) is 11.4 Å². The normalized spacial score (nSPS) is 19.3. The number of hydrogen-bond acceptors (Lipinski definition) is 4. The molecule has 2 aromatic carbocycles. The Bertz CT molecular complexity index is 1030. The largest absolute Gasteiger partial charge is 0.492 e. The van der Waals surface area contributed by atoms with Crippen molar-refractivity contribution in [1.82, 2.24) is 4.31 Å². The average Bonchev–Trinajstić information content (AvgIpc) is 3.30. The fourth-order valence-corrected chi connectivity index (χ4v) is 6.06. The number of ether oxygens (including phenoxy) is 1.